The Hall–Kier alpha value is -2.31. The number of nitrogens with one attached hydrogen (secondary N) is 1. The molecule has 134 valence electrons. The fourth-order valence-electron chi connectivity index (χ4n) is 2.92. The number of aryl methyl sites for hydroxylation is 1. The van der Waals surface area contributed by atoms with Gasteiger partial charge in [-0.2, -0.15) is 0 Å². The molecule has 26 heavy (non-hydrogen) atoms. The quantitative estimate of drug-likeness (QED) is 0.723. The number of rotatable bonds is 4. The minimum Gasteiger partial charge on any atom is -0.497 e. The van der Waals surface area contributed by atoms with Gasteiger partial charge in [0.2, 0.25) is 5.91 Å². The van der Waals surface area contributed by atoms with Crippen molar-refractivity contribution in [2.24, 2.45) is 5.92 Å². The fourth-order valence-corrected chi connectivity index (χ4v) is 4.06. The lowest BCUT2D eigenvalue weighted by atomic mass is 9.99. The molecule has 2 heterocycles. The van der Waals surface area contributed by atoms with Gasteiger partial charge in [0.05, 0.1) is 23.2 Å². The monoisotopic (exact) mass is 387 g/mol. The lowest BCUT2D eigenvalue weighted by Crippen LogP contribution is -2.52. The third-order valence-electron chi connectivity index (χ3n) is 4.56. The second-order valence-electron chi connectivity index (χ2n) is 6.38. The number of carbonyl (C=O) groups excluding carboxylic acids is 1. The van der Waals surface area contributed by atoms with E-state index >= 15 is 0 Å². The van der Waals surface area contributed by atoms with Gasteiger partial charge in [-0.05, 0) is 36.8 Å². The third-order valence-corrected chi connectivity index (χ3v) is 5.90. The predicted molar refractivity (Wildman–Crippen MR) is 107 cm³/mol. The van der Waals surface area contributed by atoms with Crippen molar-refractivity contribution in [3.8, 4) is 5.75 Å². The largest absolute Gasteiger partial charge is 0.497 e. The number of carbonyl (C=O) groups is 1. The molecule has 2 aromatic carbocycles. The molecule has 4 rings (SSSR count). The number of aromatic nitrogens is 1. The fraction of sp³-hybridized carbons (Fsp3) is 0.263. The summed E-state index contributed by atoms with van der Waals surface area (Å²) >= 11 is 7.65. The van der Waals surface area contributed by atoms with Gasteiger partial charge in [0.1, 0.15) is 5.75 Å². The molecule has 0 saturated carbocycles. The molecule has 0 radical (unpaired) electrons. The first-order valence-corrected chi connectivity index (χ1v) is 9.49. The van der Waals surface area contributed by atoms with Crippen LogP contribution in [0.1, 0.15) is 5.56 Å². The van der Waals surface area contributed by atoms with Crippen molar-refractivity contribution in [3.05, 3.63) is 47.0 Å². The molecule has 1 aromatic heterocycles. The molecular formula is C19H18ClN3O2S. The summed E-state index contributed by atoms with van der Waals surface area (Å²) in [5.41, 5.74) is 2.69. The Kier molecular flexibility index (Phi) is 4.46. The van der Waals surface area contributed by atoms with Gasteiger partial charge in [-0.1, -0.05) is 29.0 Å². The van der Waals surface area contributed by atoms with E-state index in [-0.39, 0.29) is 11.8 Å². The number of halogens is 1. The molecule has 7 heteroatoms. The zero-order valence-corrected chi connectivity index (χ0v) is 16.0. The van der Waals surface area contributed by atoms with Gasteiger partial charge in [-0.3, -0.25) is 4.79 Å². The third kappa shape index (κ3) is 3.22. The van der Waals surface area contributed by atoms with Crippen LogP contribution in [0.15, 0.2) is 36.4 Å². The van der Waals surface area contributed by atoms with Crippen LogP contribution in [0.5, 0.6) is 5.75 Å². The Bertz CT molecular complexity index is 982. The summed E-state index contributed by atoms with van der Waals surface area (Å²) in [6, 6.07) is 11.4. The Labute approximate surface area is 160 Å². The van der Waals surface area contributed by atoms with Gasteiger partial charge >= 0.3 is 0 Å². The van der Waals surface area contributed by atoms with E-state index in [1.165, 1.54) is 0 Å². The zero-order chi connectivity index (χ0) is 18.3. The molecule has 1 saturated heterocycles. The van der Waals surface area contributed by atoms with E-state index in [1.54, 1.807) is 24.5 Å². The first-order chi connectivity index (χ1) is 12.5. The molecule has 0 aliphatic carbocycles. The van der Waals surface area contributed by atoms with E-state index in [0.29, 0.717) is 18.1 Å². The number of benzene rings is 2. The lowest BCUT2D eigenvalue weighted by Gasteiger charge is -2.38. The van der Waals surface area contributed by atoms with Crippen LogP contribution in [0.3, 0.4) is 0 Å². The van der Waals surface area contributed by atoms with Crippen molar-refractivity contribution < 1.29 is 9.53 Å². The van der Waals surface area contributed by atoms with Gasteiger partial charge in [-0.25, -0.2) is 4.98 Å². The molecule has 3 aromatic rings. The summed E-state index contributed by atoms with van der Waals surface area (Å²) in [6.45, 7) is 3.29. The van der Waals surface area contributed by atoms with Crippen LogP contribution in [0.2, 0.25) is 5.02 Å². The number of fused-ring (bicyclic) bond motifs is 1. The Morgan fingerprint density at radius 1 is 1.31 bits per heavy atom. The van der Waals surface area contributed by atoms with Gasteiger partial charge in [-0.15, -0.1) is 0 Å². The van der Waals surface area contributed by atoms with E-state index < -0.39 is 0 Å². The second-order valence-corrected chi connectivity index (χ2v) is 7.83. The Balaban J connectivity index is 1.41. The highest BCUT2D eigenvalue weighted by molar-refractivity contribution is 7.22. The molecule has 0 unspecified atom stereocenters. The highest BCUT2D eigenvalue weighted by Gasteiger charge is 2.34. The van der Waals surface area contributed by atoms with Crippen LogP contribution in [-0.2, 0) is 4.79 Å². The molecule has 1 fully saturated rings. The Morgan fingerprint density at radius 2 is 2.12 bits per heavy atom. The highest BCUT2D eigenvalue weighted by atomic mass is 35.5. The van der Waals surface area contributed by atoms with Crippen molar-refractivity contribution in [3.63, 3.8) is 0 Å². The molecule has 1 N–H and O–H groups in total. The number of anilines is 2. The smallest absolute Gasteiger partial charge is 0.231 e. The van der Waals surface area contributed by atoms with Crippen molar-refractivity contribution in [1.82, 2.24) is 4.98 Å². The lowest BCUT2D eigenvalue weighted by molar-refractivity contribution is -0.120. The summed E-state index contributed by atoms with van der Waals surface area (Å²) in [4.78, 5) is 19.3. The number of thiazole rings is 1. The van der Waals surface area contributed by atoms with Gasteiger partial charge in [0.15, 0.2) is 5.13 Å². The van der Waals surface area contributed by atoms with Crippen molar-refractivity contribution in [2.45, 2.75) is 6.92 Å². The standard InChI is InChI=1S/C19H18ClN3O2S/c1-11-3-4-13(20)7-15(11)21-18(24)12-9-23(10-12)19-22-16-8-14(25-2)5-6-17(16)26-19/h3-8,12H,9-10H2,1-2H3,(H,21,24). The first kappa shape index (κ1) is 17.1. The maximum atomic E-state index is 12.5. The van der Waals surface area contributed by atoms with Gasteiger partial charge in [0.25, 0.3) is 0 Å². The molecular weight excluding hydrogens is 370 g/mol. The SMILES string of the molecule is COc1ccc2sc(N3CC(C(=O)Nc4cc(Cl)ccc4C)C3)nc2c1. The van der Waals surface area contributed by atoms with Gasteiger partial charge < -0.3 is 15.0 Å². The molecule has 1 aliphatic rings. The van der Waals surface area contributed by atoms with Crippen LogP contribution < -0.4 is 15.0 Å². The molecule has 1 aliphatic heterocycles. The first-order valence-electron chi connectivity index (χ1n) is 8.30. The average molecular weight is 388 g/mol. The predicted octanol–water partition coefficient (Wildman–Crippen LogP) is 4.34. The van der Waals surface area contributed by atoms with E-state index in [9.17, 15) is 4.79 Å². The van der Waals surface area contributed by atoms with E-state index in [2.05, 4.69) is 15.2 Å². The number of amides is 1. The van der Waals surface area contributed by atoms with Crippen molar-refractivity contribution >= 4 is 49.9 Å². The van der Waals surface area contributed by atoms with Crippen LogP contribution in [0, 0.1) is 12.8 Å². The van der Waals surface area contributed by atoms with E-state index in [1.807, 2.05) is 37.3 Å². The van der Waals surface area contributed by atoms with Crippen LogP contribution in [0.4, 0.5) is 10.8 Å². The molecule has 0 atom stereocenters. The molecule has 5 nitrogen and oxygen atoms in total. The van der Waals surface area contributed by atoms with Crippen molar-refractivity contribution in [1.29, 1.82) is 0 Å². The second kappa shape index (κ2) is 6.78. The van der Waals surface area contributed by atoms with Crippen LogP contribution in [-0.4, -0.2) is 31.1 Å². The highest BCUT2D eigenvalue weighted by Crippen LogP contribution is 2.34. The van der Waals surface area contributed by atoms with Crippen LogP contribution >= 0.6 is 22.9 Å². The molecule has 1 amide bonds. The maximum Gasteiger partial charge on any atom is 0.231 e. The molecule has 0 bridgehead atoms. The maximum absolute atomic E-state index is 12.5. The summed E-state index contributed by atoms with van der Waals surface area (Å²) < 4.78 is 6.36. The summed E-state index contributed by atoms with van der Waals surface area (Å²) in [6.07, 6.45) is 0. The number of hydrogen-bond donors (Lipinski definition) is 1. The summed E-state index contributed by atoms with van der Waals surface area (Å²) in [5, 5.41) is 4.54. The van der Waals surface area contributed by atoms with Crippen LogP contribution in [0.25, 0.3) is 10.2 Å². The van der Waals surface area contributed by atoms with E-state index in [0.717, 1.165) is 32.3 Å². The number of ether oxygens (including phenoxy) is 1. The minimum absolute atomic E-state index is 0.0226. The number of nitrogens with zero attached hydrogens (tertiary/aromatic N) is 2. The summed E-state index contributed by atoms with van der Waals surface area (Å²) in [7, 11) is 1.65. The zero-order valence-electron chi connectivity index (χ0n) is 14.5. The molecule has 0 spiro atoms. The summed E-state index contributed by atoms with van der Waals surface area (Å²) in [5.74, 6) is 0.774. The van der Waals surface area contributed by atoms with Gasteiger partial charge in [0, 0.05) is 29.9 Å². The average Bonchev–Trinajstić information content (AvgIpc) is 2.99. The number of methoxy groups -OCH3 is 1. The normalized spacial score (nSPS) is 14.3. The minimum atomic E-state index is -0.0464. The topological polar surface area (TPSA) is 54.5 Å². The Morgan fingerprint density at radius 3 is 2.88 bits per heavy atom. The van der Waals surface area contributed by atoms with E-state index in [4.69, 9.17) is 16.3 Å². The number of hydrogen-bond acceptors (Lipinski definition) is 5. The van der Waals surface area contributed by atoms with Crippen molar-refractivity contribution in [2.75, 3.05) is 30.4 Å².